The molecule has 0 aliphatic rings. The zero-order chi connectivity index (χ0) is 14.0. The number of nitrogen functional groups attached to an aromatic ring is 1. The molecule has 2 N–H and O–H groups in total. The second-order valence-electron chi connectivity index (χ2n) is 4.21. The third kappa shape index (κ3) is 3.30. The highest BCUT2D eigenvalue weighted by Gasteiger charge is 2.12. The predicted molar refractivity (Wildman–Crippen MR) is 82.2 cm³/mol. The molecule has 0 aromatic heterocycles. The minimum absolute atomic E-state index is 0.323. The number of hydrogen-bond donors (Lipinski definition) is 1. The van der Waals surface area contributed by atoms with Gasteiger partial charge in [0, 0.05) is 10.0 Å². The van der Waals surface area contributed by atoms with Crippen LogP contribution in [0.1, 0.15) is 11.1 Å². The largest absolute Gasteiger partial charge is 0.398 e. The summed E-state index contributed by atoms with van der Waals surface area (Å²) in [5.74, 6) is 0.323. The van der Waals surface area contributed by atoms with Gasteiger partial charge in [-0.05, 0) is 36.2 Å². The molecule has 0 aliphatic carbocycles. The van der Waals surface area contributed by atoms with E-state index in [1.807, 2.05) is 19.1 Å². The van der Waals surface area contributed by atoms with E-state index in [1.54, 1.807) is 24.3 Å². The second-order valence-corrected chi connectivity index (χ2v) is 6.48. The van der Waals surface area contributed by atoms with E-state index in [0.29, 0.717) is 26.4 Å². The average Bonchev–Trinajstić information content (AvgIpc) is 2.36. The van der Waals surface area contributed by atoms with Gasteiger partial charge in [0.1, 0.15) is 0 Å². The minimum atomic E-state index is -1.23. The molecule has 100 valence electrons. The van der Waals surface area contributed by atoms with Crippen LogP contribution in [0.15, 0.2) is 41.3 Å². The summed E-state index contributed by atoms with van der Waals surface area (Å²) in [6.45, 7) is 1.89. The Hall–Kier alpha value is -1.03. The van der Waals surface area contributed by atoms with Crippen LogP contribution in [-0.4, -0.2) is 4.21 Å². The predicted octanol–water partition coefficient (Wildman–Crippen LogP) is 4.19. The molecular weight excluding hydrogens is 301 g/mol. The van der Waals surface area contributed by atoms with Crippen LogP contribution in [0, 0.1) is 6.92 Å². The summed E-state index contributed by atoms with van der Waals surface area (Å²) in [5.41, 5.74) is 8.25. The van der Waals surface area contributed by atoms with Crippen LogP contribution in [0.5, 0.6) is 0 Å². The Morgan fingerprint density at radius 3 is 2.63 bits per heavy atom. The van der Waals surface area contributed by atoms with Gasteiger partial charge in [-0.15, -0.1) is 0 Å². The summed E-state index contributed by atoms with van der Waals surface area (Å²) in [5, 5.41) is 1.08. The third-order valence-electron chi connectivity index (χ3n) is 2.83. The molecule has 0 bridgehead atoms. The maximum Gasteiger partial charge on any atom is 0.0623 e. The second kappa shape index (κ2) is 5.95. The summed E-state index contributed by atoms with van der Waals surface area (Å²) in [4.78, 5) is 0.644. The SMILES string of the molecule is Cc1cccc(S(=O)Cc2ccc(Cl)cc2Cl)c1N. The Morgan fingerprint density at radius 1 is 1.21 bits per heavy atom. The molecule has 0 radical (unpaired) electrons. The lowest BCUT2D eigenvalue weighted by Crippen LogP contribution is -2.02. The van der Waals surface area contributed by atoms with Gasteiger partial charge in [-0.3, -0.25) is 4.21 Å². The van der Waals surface area contributed by atoms with Gasteiger partial charge in [0.15, 0.2) is 0 Å². The van der Waals surface area contributed by atoms with Crippen molar-refractivity contribution < 1.29 is 4.21 Å². The third-order valence-corrected chi connectivity index (χ3v) is 4.84. The molecule has 19 heavy (non-hydrogen) atoms. The highest BCUT2D eigenvalue weighted by Crippen LogP contribution is 2.26. The van der Waals surface area contributed by atoms with Gasteiger partial charge in [0.2, 0.25) is 0 Å². The molecule has 0 spiro atoms. The molecule has 0 amide bonds. The molecule has 1 unspecified atom stereocenters. The average molecular weight is 314 g/mol. The maximum absolute atomic E-state index is 12.4. The standard InChI is InChI=1S/C14H13Cl2NOS/c1-9-3-2-4-13(14(9)17)19(18)8-10-5-6-11(15)7-12(10)16/h2-7H,8,17H2,1H3. The zero-order valence-corrected chi connectivity index (χ0v) is 12.6. The van der Waals surface area contributed by atoms with Crippen molar-refractivity contribution in [3.05, 3.63) is 57.6 Å². The number of anilines is 1. The van der Waals surface area contributed by atoms with Crippen LogP contribution in [-0.2, 0) is 16.6 Å². The first kappa shape index (κ1) is 14.4. The van der Waals surface area contributed by atoms with Crippen molar-refractivity contribution in [2.75, 3.05) is 5.73 Å². The first-order valence-electron chi connectivity index (χ1n) is 5.66. The van der Waals surface area contributed by atoms with Crippen LogP contribution in [0.25, 0.3) is 0 Å². The Kier molecular flexibility index (Phi) is 4.50. The summed E-state index contributed by atoms with van der Waals surface area (Å²) >= 11 is 11.9. The quantitative estimate of drug-likeness (QED) is 0.863. The number of rotatable bonds is 3. The lowest BCUT2D eigenvalue weighted by atomic mass is 10.2. The Balaban J connectivity index is 2.28. The molecule has 2 aromatic rings. The summed E-state index contributed by atoms with van der Waals surface area (Å²) < 4.78 is 12.4. The molecule has 2 aromatic carbocycles. The van der Waals surface area contributed by atoms with Crippen molar-refractivity contribution in [2.24, 2.45) is 0 Å². The molecule has 0 saturated heterocycles. The summed E-state index contributed by atoms with van der Waals surface area (Å²) in [7, 11) is -1.23. The van der Waals surface area contributed by atoms with Crippen LogP contribution >= 0.6 is 23.2 Å². The van der Waals surface area contributed by atoms with E-state index < -0.39 is 10.8 Å². The summed E-state index contributed by atoms with van der Waals surface area (Å²) in [6.07, 6.45) is 0. The Morgan fingerprint density at radius 2 is 1.95 bits per heavy atom. The van der Waals surface area contributed by atoms with Gasteiger partial charge in [0.25, 0.3) is 0 Å². The number of benzene rings is 2. The van der Waals surface area contributed by atoms with Crippen LogP contribution in [0.4, 0.5) is 5.69 Å². The Bertz CT molecular complexity index is 643. The van der Waals surface area contributed by atoms with Gasteiger partial charge in [-0.25, -0.2) is 0 Å². The van der Waals surface area contributed by atoms with E-state index in [0.717, 1.165) is 11.1 Å². The fraction of sp³-hybridized carbons (Fsp3) is 0.143. The lowest BCUT2D eigenvalue weighted by Gasteiger charge is -2.09. The number of halogens is 2. The van der Waals surface area contributed by atoms with Crippen molar-refractivity contribution in [3.63, 3.8) is 0 Å². The monoisotopic (exact) mass is 313 g/mol. The van der Waals surface area contributed by atoms with Crippen LogP contribution in [0.3, 0.4) is 0 Å². The van der Waals surface area contributed by atoms with Crippen molar-refractivity contribution in [2.45, 2.75) is 17.6 Å². The number of para-hydroxylation sites is 1. The van der Waals surface area contributed by atoms with Crippen molar-refractivity contribution in [1.82, 2.24) is 0 Å². The van der Waals surface area contributed by atoms with Crippen LogP contribution in [0.2, 0.25) is 10.0 Å². The zero-order valence-electron chi connectivity index (χ0n) is 10.3. The van der Waals surface area contributed by atoms with E-state index in [2.05, 4.69) is 0 Å². The van der Waals surface area contributed by atoms with Gasteiger partial charge < -0.3 is 5.73 Å². The minimum Gasteiger partial charge on any atom is -0.398 e. The van der Waals surface area contributed by atoms with Crippen molar-refractivity contribution in [3.8, 4) is 0 Å². The fourth-order valence-electron chi connectivity index (χ4n) is 1.71. The number of aryl methyl sites for hydroxylation is 1. The molecule has 2 nitrogen and oxygen atoms in total. The van der Waals surface area contributed by atoms with E-state index in [1.165, 1.54) is 0 Å². The first-order chi connectivity index (χ1) is 8.99. The van der Waals surface area contributed by atoms with Crippen molar-refractivity contribution in [1.29, 1.82) is 0 Å². The van der Waals surface area contributed by atoms with Crippen LogP contribution < -0.4 is 5.73 Å². The van der Waals surface area contributed by atoms with E-state index in [9.17, 15) is 4.21 Å². The molecule has 0 aliphatic heterocycles. The molecule has 0 fully saturated rings. The molecule has 2 rings (SSSR count). The smallest absolute Gasteiger partial charge is 0.0623 e. The lowest BCUT2D eigenvalue weighted by molar-refractivity contribution is 0.683. The maximum atomic E-state index is 12.4. The van der Waals surface area contributed by atoms with Gasteiger partial charge in [-0.1, -0.05) is 41.4 Å². The fourth-order valence-corrected chi connectivity index (χ4v) is 3.59. The van der Waals surface area contributed by atoms with Gasteiger partial charge >= 0.3 is 0 Å². The van der Waals surface area contributed by atoms with E-state index in [-0.39, 0.29) is 0 Å². The molecular formula is C14H13Cl2NOS. The topological polar surface area (TPSA) is 43.1 Å². The van der Waals surface area contributed by atoms with Gasteiger partial charge in [0.05, 0.1) is 27.1 Å². The first-order valence-corrected chi connectivity index (χ1v) is 7.74. The van der Waals surface area contributed by atoms with Gasteiger partial charge in [-0.2, -0.15) is 0 Å². The molecule has 1 atom stereocenters. The molecule has 0 heterocycles. The number of hydrogen-bond acceptors (Lipinski definition) is 2. The highest BCUT2D eigenvalue weighted by atomic mass is 35.5. The highest BCUT2D eigenvalue weighted by molar-refractivity contribution is 7.84. The van der Waals surface area contributed by atoms with Crippen molar-refractivity contribution >= 4 is 39.7 Å². The van der Waals surface area contributed by atoms with E-state index >= 15 is 0 Å². The molecule has 5 heteroatoms. The molecule has 0 saturated carbocycles. The normalized spacial score (nSPS) is 12.4. The van der Waals surface area contributed by atoms with E-state index in [4.69, 9.17) is 28.9 Å². The summed E-state index contributed by atoms with van der Waals surface area (Å²) in [6, 6.07) is 10.7. The number of nitrogens with two attached hydrogens (primary N) is 1. The Labute approximate surface area is 125 Å².